The van der Waals surface area contributed by atoms with Gasteiger partial charge in [-0.15, -0.1) is 0 Å². The first-order valence-electron chi connectivity index (χ1n) is 12.8. The van der Waals surface area contributed by atoms with Gasteiger partial charge in [-0.2, -0.15) is 0 Å². The Labute approximate surface area is 240 Å². The number of aliphatic carboxylic acids is 1. The molecular formula is C24H42N3NaO9. The second-order valence-electron chi connectivity index (χ2n) is 9.21. The van der Waals surface area contributed by atoms with Crippen molar-refractivity contribution in [1.82, 2.24) is 10.6 Å². The molecule has 0 bridgehead atoms. The number of carboxylic acid groups (broad SMARTS) is 1. The molecule has 1 aliphatic heterocycles. The van der Waals surface area contributed by atoms with E-state index in [2.05, 4.69) is 22.5 Å². The molecule has 0 aromatic rings. The molecule has 1 fully saturated rings. The van der Waals surface area contributed by atoms with Crippen LogP contribution in [0.5, 0.6) is 0 Å². The molecule has 0 aromatic heterocycles. The summed E-state index contributed by atoms with van der Waals surface area (Å²) in [7, 11) is 0. The summed E-state index contributed by atoms with van der Waals surface area (Å²) in [6, 6.07) is -2.86. The minimum Gasteiger partial charge on any atom is -0.862 e. The first-order chi connectivity index (χ1) is 17.1. The van der Waals surface area contributed by atoms with Gasteiger partial charge >= 0.3 is 35.5 Å². The van der Waals surface area contributed by atoms with Gasteiger partial charge in [-0.1, -0.05) is 58.3 Å². The molecule has 0 saturated carbocycles. The van der Waals surface area contributed by atoms with E-state index in [0.29, 0.717) is 6.42 Å². The van der Waals surface area contributed by atoms with Crippen molar-refractivity contribution < 1.29 is 74.2 Å². The maximum Gasteiger partial charge on any atom is 1.00 e. The molecule has 0 aliphatic carbocycles. The Kier molecular flexibility index (Phi) is 19.1. The quantitative estimate of drug-likeness (QED) is 0.0471. The number of unbranched alkanes of at least 4 members (excludes halogenated alkanes) is 8. The maximum atomic E-state index is 12.5. The fourth-order valence-corrected chi connectivity index (χ4v) is 4.04. The van der Waals surface area contributed by atoms with E-state index in [4.69, 9.17) is 4.74 Å². The SMILES string of the molecule is CCCCCCCCCCCC(=O)NC(CC(=O)N[C@@H]1O[C@H](CO)[C@@H](O)[C@H](O)[C@H]1N=C(C)[O-])C(=O)O.[Na+]. The average molecular weight is 540 g/mol. The standard InChI is InChI=1S/C24H43N3O9.Na/c1-3-4-5-6-7-8-9-10-11-12-18(30)26-16(24(34)35)13-19(31)27-23-20(25-15(2)29)22(33)21(32)17(14-28)36-23;/h16-17,20-23,28,32-33H,3-14H2,1-2H3,(H,25,29)(H,26,30)(H,27,31)(H,34,35);/q;+1/p-1/t16?,17-,20-,21-,22-,23-;/m1./s1. The van der Waals surface area contributed by atoms with Crippen LogP contribution in [0.2, 0.25) is 0 Å². The molecule has 1 rings (SSSR count). The molecule has 0 radical (unpaired) electrons. The van der Waals surface area contributed by atoms with E-state index in [0.717, 1.165) is 26.2 Å². The summed E-state index contributed by atoms with van der Waals surface area (Å²) in [4.78, 5) is 40.0. The van der Waals surface area contributed by atoms with Crippen LogP contribution >= 0.6 is 0 Å². The van der Waals surface area contributed by atoms with Crippen LogP contribution in [0.3, 0.4) is 0 Å². The molecule has 1 unspecified atom stereocenters. The molecular weight excluding hydrogens is 497 g/mol. The van der Waals surface area contributed by atoms with E-state index in [9.17, 15) is 39.9 Å². The van der Waals surface area contributed by atoms with E-state index in [1.807, 2.05) is 0 Å². The van der Waals surface area contributed by atoms with Gasteiger partial charge in [0.05, 0.1) is 13.0 Å². The zero-order valence-corrected chi connectivity index (χ0v) is 24.2. The van der Waals surface area contributed by atoms with Gasteiger partial charge in [0.25, 0.3) is 0 Å². The number of ether oxygens (including phenoxy) is 1. The van der Waals surface area contributed by atoms with Crippen LogP contribution in [0, 0.1) is 0 Å². The van der Waals surface area contributed by atoms with Crippen LogP contribution in [0.15, 0.2) is 4.99 Å². The van der Waals surface area contributed by atoms with E-state index in [-0.39, 0.29) is 36.0 Å². The summed E-state index contributed by atoms with van der Waals surface area (Å²) in [6.45, 7) is 2.61. The fraction of sp³-hybridized carbons (Fsp3) is 0.833. The molecule has 12 nitrogen and oxygen atoms in total. The van der Waals surface area contributed by atoms with Crippen molar-refractivity contribution >= 4 is 23.7 Å². The van der Waals surface area contributed by atoms with Crippen LogP contribution in [-0.4, -0.2) is 87.3 Å². The number of hydrogen-bond donors (Lipinski definition) is 6. The molecule has 6 N–H and O–H groups in total. The number of nitrogens with one attached hydrogen (secondary N) is 2. The zero-order chi connectivity index (χ0) is 27.1. The van der Waals surface area contributed by atoms with Crippen molar-refractivity contribution in [3.05, 3.63) is 0 Å². The summed E-state index contributed by atoms with van der Waals surface area (Å²) in [6.07, 6.45) is 3.37. The molecule has 0 aromatic carbocycles. The van der Waals surface area contributed by atoms with Crippen molar-refractivity contribution in [2.75, 3.05) is 6.61 Å². The summed E-state index contributed by atoms with van der Waals surface area (Å²) < 4.78 is 5.37. The van der Waals surface area contributed by atoms with Crippen molar-refractivity contribution in [2.45, 2.75) is 121 Å². The number of aliphatic hydroxyl groups is 3. The zero-order valence-electron chi connectivity index (χ0n) is 22.2. The van der Waals surface area contributed by atoms with E-state index in [1.165, 1.54) is 32.1 Å². The molecule has 208 valence electrons. The second kappa shape index (κ2) is 19.7. The first kappa shape index (κ1) is 35.7. The molecule has 1 saturated heterocycles. The molecule has 0 spiro atoms. The Bertz CT molecular complexity index is 722. The smallest absolute Gasteiger partial charge is 0.862 e. The largest absolute Gasteiger partial charge is 1.00 e. The fourth-order valence-electron chi connectivity index (χ4n) is 4.04. The normalized spacial score (nSPS) is 24.6. The molecule has 2 amide bonds. The van der Waals surface area contributed by atoms with Gasteiger partial charge in [0.2, 0.25) is 11.8 Å². The van der Waals surface area contributed by atoms with Crippen molar-refractivity contribution in [3.8, 4) is 0 Å². The van der Waals surface area contributed by atoms with Crippen LogP contribution in [-0.2, 0) is 19.1 Å². The van der Waals surface area contributed by atoms with Crippen molar-refractivity contribution in [2.24, 2.45) is 4.99 Å². The number of carbonyl (C=O) groups excluding carboxylic acids is 2. The molecule has 1 heterocycles. The van der Waals surface area contributed by atoms with Crippen molar-refractivity contribution in [1.29, 1.82) is 0 Å². The maximum absolute atomic E-state index is 12.5. The number of hydrogen-bond acceptors (Lipinski definition) is 9. The number of aliphatic hydroxyl groups excluding tert-OH is 3. The second-order valence-corrected chi connectivity index (χ2v) is 9.21. The van der Waals surface area contributed by atoms with Crippen molar-refractivity contribution in [3.63, 3.8) is 0 Å². The Morgan fingerprint density at radius 3 is 2.05 bits per heavy atom. The predicted molar refractivity (Wildman–Crippen MR) is 129 cm³/mol. The van der Waals surface area contributed by atoms with Gasteiger partial charge in [-0.3, -0.25) is 14.6 Å². The van der Waals surface area contributed by atoms with Crippen LogP contribution < -0.4 is 45.3 Å². The van der Waals surface area contributed by atoms with Crippen LogP contribution in [0.1, 0.15) is 84.5 Å². The average Bonchev–Trinajstić information content (AvgIpc) is 2.81. The third kappa shape index (κ3) is 13.9. The third-order valence-electron chi connectivity index (χ3n) is 6.06. The molecule has 37 heavy (non-hydrogen) atoms. The monoisotopic (exact) mass is 539 g/mol. The van der Waals surface area contributed by atoms with E-state index in [1.54, 1.807) is 0 Å². The Morgan fingerprint density at radius 1 is 0.973 bits per heavy atom. The summed E-state index contributed by atoms with van der Waals surface area (Å²) in [5.74, 6) is -3.41. The minimum atomic E-state index is -1.61. The van der Waals surface area contributed by atoms with E-state index < -0.39 is 73.3 Å². The Hall–Kier alpha value is -1.28. The van der Waals surface area contributed by atoms with Gasteiger partial charge in [0, 0.05) is 6.42 Å². The van der Waals surface area contributed by atoms with Gasteiger partial charge < -0.3 is 40.9 Å². The number of aliphatic imine (C=N–C) groups is 1. The van der Waals surface area contributed by atoms with Crippen LogP contribution in [0.25, 0.3) is 0 Å². The molecule has 13 heteroatoms. The summed E-state index contributed by atoms with van der Waals surface area (Å²) in [5.41, 5.74) is 0. The van der Waals surface area contributed by atoms with Crippen LogP contribution in [0.4, 0.5) is 0 Å². The summed E-state index contributed by atoms with van der Waals surface area (Å²) >= 11 is 0. The topological polar surface area (TPSA) is 201 Å². The third-order valence-corrected chi connectivity index (χ3v) is 6.06. The number of carboxylic acids is 1. The van der Waals surface area contributed by atoms with E-state index >= 15 is 0 Å². The minimum absolute atomic E-state index is 0. The Morgan fingerprint density at radius 2 is 1.54 bits per heavy atom. The van der Waals surface area contributed by atoms with Gasteiger partial charge in [-0.05, 0) is 19.2 Å². The molecule has 1 aliphatic rings. The number of carbonyl (C=O) groups is 3. The first-order valence-corrected chi connectivity index (χ1v) is 12.8. The molecule has 6 atom stereocenters. The summed E-state index contributed by atoms with van der Waals surface area (Å²) in [5, 5.41) is 55.2. The van der Waals surface area contributed by atoms with Gasteiger partial charge in [0.15, 0.2) is 6.23 Å². The Balaban J connectivity index is 0.0000130. The number of rotatable bonds is 17. The predicted octanol–water partition coefficient (Wildman–Crippen LogP) is -3.43. The van der Waals surface area contributed by atoms with Gasteiger partial charge in [0.1, 0.15) is 30.4 Å². The number of nitrogens with zero attached hydrogens (tertiary/aromatic N) is 1. The number of amides is 2. The van der Waals surface area contributed by atoms with Gasteiger partial charge in [-0.25, -0.2) is 4.79 Å².